The number of non-ortho nitro benzene ring substituents is 1. The number of allylic oxidation sites excluding steroid dienone is 3. The summed E-state index contributed by atoms with van der Waals surface area (Å²) in [5.74, 6) is -1.49. The van der Waals surface area contributed by atoms with Gasteiger partial charge in [0.1, 0.15) is 0 Å². The number of nitrogens with one attached hydrogen (secondary N) is 1. The number of dihydropyridines is 1. The van der Waals surface area contributed by atoms with Crippen molar-refractivity contribution in [3.63, 3.8) is 0 Å². The van der Waals surface area contributed by atoms with E-state index in [1.807, 2.05) is 13.8 Å². The van der Waals surface area contributed by atoms with Gasteiger partial charge in [-0.2, -0.15) is 0 Å². The monoisotopic (exact) mass is 494 g/mol. The lowest BCUT2D eigenvalue weighted by atomic mass is 9.86. The van der Waals surface area contributed by atoms with Gasteiger partial charge >= 0.3 is 13.6 Å². The van der Waals surface area contributed by atoms with Crippen LogP contribution in [0, 0.1) is 10.1 Å². The van der Waals surface area contributed by atoms with Crippen LogP contribution in [-0.4, -0.2) is 30.7 Å². The van der Waals surface area contributed by atoms with Crippen LogP contribution in [-0.2, 0) is 23.1 Å². The van der Waals surface area contributed by atoms with Crippen molar-refractivity contribution >= 4 is 19.3 Å². The first-order valence-corrected chi connectivity index (χ1v) is 13.2. The van der Waals surface area contributed by atoms with Crippen molar-refractivity contribution in [3.05, 3.63) is 62.2 Å². The normalized spacial score (nSPS) is 16.4. The largest absolute Gasteiger partial charge is 0.463 e. The summed E-state index contributed by atoms with van der Waals surface area (Å²) in [7, 11) is -3.89. The Labute approximate surface area is 201 Å². The van der Waals surface area contributed by atoms with E-state index in [1.165, 1.54) is 12.1 Å². The van der Waals surface area contributed by atoms with Crippen molar-refractivity contribution in [1.29, 1.82) is 0 Å². The Bertz CT molecular complexity index is 989. The van der Waals surface area contributed by atoms with E-state index in [0.29, 0.717) is 29.8 Å². The van der Waals surface area contributed by atoms with Crippen LogP contribution in [0.4, 0.5) is 5.69 Å². The minimum atomic E-state index is -3.89. The van der Waals surface area contributed by atoms with Gasteiger partial charge in [0, 0.05) is 23.5 Å². The summed E-state index contributed by atoms with van der Waals surface area (Å²) in [5.41, 5.74) is 1.57. The number of ether oxygens (including phenoxy) is 1. The van der Waals surface area contributed by atoms with E-state index >= 15 is 0 Å². The summed E-state index contributed by atoms with van der Waals surface area (Å²) in [6, 6.07) is 5.97. The lowest BCUT2D eigenvalue weighted by Gasteiger charge is -2.34. The van der Waals surface area contributed by atoms with E-state index in [4.69, 9.17) is 13.8 Å². The average Bonchev–Trinajstić information content (AvgIpc) is 2.79. The Morgan fingerprint density at radius 2 is 1.71 bits per heavy atom. The SMILES string of the molecule is CCCCOP(=O)(OCCCC)C1=C(C)NC(C)=C(C(=O)OCC)C1c1cccc([N+](=O)[O-])c1. The summed E-state index contributed by atoms with van der Waals surface area (Å²) < 4.78 is 31.4. The molecule has 10 heteroatoms. The summed E-state index contributed by atoms with van der Waals surface area (Å²) in [6.07, 6.45) is 3.04. The van der Waals surface area contributed by atoms with Gasteiger partial charge in [-0.25, -0.2) is 4.79 Å². The molecule has 9 nitrogen and oxygen atoms in total. The quantitative estimate of drug-likeness (QED) is 0.114. The third-order valence-electron chi connectivity index (χ3n) is 5.45. The maximum Gasteiger partial charge on any atom is 0.360 e. The number of carbonyl (C=O) groups excluding carboxylic acids is 1. The van der Waals surface area contributed by atoms with E-state index in [0.717, 1.165) is 12.8 Å². The second-order valence-electron chi connectivity index (χ2n) is 8.05. The zero-order valence-corrected chi connectivity index (χ0v) is 21.5. The van der Waals surface area contributed by atoms with Crippen LogP contribution in [0.3, 0.4) is 0 Å². The highest BCUT2D eigenvalue weighted by Gasteiger charge is 2.45. The number of nitro groups is 1. The molecule has 0 saturated heterocycles. The van der Waals surface area contributed by atoms with Crippen molar-refractivity contribution in [2.45, 2.75) is 66.2 Å². The molecule has 0 fully saturated rings. The van der Waals surface area contributed by atoms with Gasteiger partial charge in [0.05, 0.1) is 41.5 Å². The third-order valence-corrected chi connectivity index (χ3v) is 7.68. The second-order valence-corrected chi connectivity index (χ2v) is 10.0. The molecule has 1 aromatic carbocycles. The Morgan fingerprint density at radius 1 is 1.09 bits per heavy atom. The molecule has 0 spiro atoms. The molecule has 1 aliphatic heterocycles. The minimum Gasteiger partial charge on any atom is -0.463 e. The lowest BCUT2D eigenvalue weighted by molar-refractivity contribution is -0.384. The fourth-order valence-corrected chi connectivity index (χ4v) is 5.96. The fraction of sp³-hybridized carbons (Fsp3) is 0.542. The smallest absolute Gasteiger partial charge is 0.360 e. The van der Waals surface area contributed by atoms with Crippen molar-refractivity contribution in [3.8, 4) is 0 Å². The van der Waals surface area contributed by atoms with Gasteiger partial charge in [0.15, 0.2) is 0 Å². The molecule has 1 atom stereocenters. The molecule has 0 bridgehead atoms. The van der Waals surface area contributed by atoms with E-state index in [1.54, 1.807) is 32.9 Å². The first-order valence-electron chi connectivity index (χ1n) is 11.7. The molecular weight excluding hydrogens is 459 g/mol. The standard InChI is InChI=1S/C24H35N2O7P/c1-6-9-14-32-34(30,33-15-10-7-2)23-18(5)25-17(4)21(24(27)31-8-3)22(23)19-12-11-13-20(16-19)26(28)29/h11-13,16,22,25H,6-10,14-15H2,1-5H3. The molecular formula is C24H35N2O7P. The molecule has 1 N–H and O–H groups in total. The van der Waals surface area contributed by atoms with Crippen molar-refractivity contribution in [2.24, 2.45) is 0 Å². The first kappa shape index (κ1) is 27.8. The molecule has 1 heterocycles. The molecule has 188 valence electrons. The summed E-state index contributed by atoms with van der Waals surface area (Å²) in [6.45, 7) is 9.73. The maximum atomic E-state index is 14.3. The summed E-state index contributed by atoms with van der Waals surface area (Å²) in [4.78, 5) is 24.0. The number of benzene rings is 1. The third kappa shape index (κ3) is 6.56. The van der Waals surface area contributed by atoms with Crippen LogP contribution in [0.15, 0.2) is 46.5 Å². The van der Waals surface area contributed by atoms with E-state index in [2.05, 4.69) is 5.32 Å². The second kappa shape index (κ2) is 12.8. The molecule has 1 unspecified atom stereocenters. The molecule has 0 aliphatic carbocycles. The number of hydrogen-bond donors (Lipinski definition) is 1. The van der Waals surface area contributed by atoms with Crippen LogP contribution >= 0.6 is 7.60 Å². The van der Waals surface area contributed by atoms with Gasteiger partial charge in [-0.1, -0.05) is 38.8 Å². The highest BCUT2D eigenvalue weighted by atomic mass is 31.2. The number of nitro benzene ring substituents is 1. The van der Waals surface area contributed by atoms with Gasteiger partial charge in [-0.3, -0.25) is 14.7 Å². The van der Waals surface area contributed by atoms with Gasteiger partial charge < -0.3 is 19.1 Å². The number of rotatable bonds is 13. The number of carbonyl (C=O) groups is 1. The molecule has 1 aromatic rings. The lowest BCUT2D eigenvalue weighted by Crippen LogP contribution is -2.30. The van der Waals surface area contributed by atoms with Crippen LogP contribution in [0.5, 0.6) is 0 Å². The van der Waals surface area contributed by atoms with Crippen LogP contribution in [0.1, 0.15) is 71.8 Å². The van der Waals surface area contributed by atoms with Gasteiger partial charge in [-0.15, -0.1) is 0 Å². The average molecular weight is 495 g/mol. The zero-order chi connectivity index (χ0) is 25.3. The molecule has 0 aromatic heterocycles. The number of hydrogen-bond acceptors (Lipinski definition) is 8. The first-order chi connectivity index (χ1) is 16.2. The van der Waals surface area contributed by atoms with Crippen LogP contribution in [0.2, 0.25) is 0 Å². The minimum absolute atomic E-state index is 0.137. The number of unbranched alkanes of at least 4 members (excludes halogenated alkanes) is 2. The Morgan fingerprint density at radius 3 is 2.24 bits per heavy atom. The summed E-state index contributed by atoms with van der Waals surface area (Å²) >= 11 is 0. The van der Waals surface area contributed by atoms with E-state index < -0.39 is 24.4 Å². The van der Waals surface area contributed by atoms with Crippen molar-refractivity contribution in [2.75, 3.05) is 19.8 Å². The highest BCUT2D eigenvalue weighted by molar-refractivity contribution is 7.58. The molecule has 2 rings (SSSR count). The van der Waals surface area contributed by atoms with E-state index in [9.17, 15) is 19.5 Å². The number of esters is 1. The Hall–Kier alpha value is -2.48. The maximum absolute atomic E-state index is 14.3. The topological polar surface area (TPSA) is 117 Å². The Kier molecular flexibility index (Phi) is 10.5. The summed E-state index contributed by atoms with van der Waals surface area (Å²) in [5, 5.41) is 14.9. The highest BCUT2D eigenvalue weighted by Crippen LogP contribution is 2.64. The molecule has 0 saturated carbocycles. The Balaban J connectivity index is 2.72. The predicted octanol–water partition coefficient (Wildman–Crippen LogP) is 6.18. The van der Waals surface area contributed by atoms with Crippen molar-refractivity contribution < 1.29 is 28.1 Å². The van der Waals surface area contributed by atoms with E-state index in [-0.39, 0.29) is 36.4 Å². The van der Waals surface area contributed by atoms with Gasteiger partial charge in [-0.05, 0) is 39.2 Å². The fourth-order valence-electron chi connectivity index (χ4n) is 3.80. The number of nitrogens with zero attached hydrogens (tertiary/aromatic N) is 1. The van der Waals surface area contributed by atoms with Crippen LogP contribution in [0.25, 0.3) is 0 Å². The molecule has 34 heavy (non-hydrogen) atoms. The molecule has 0 amide bonds. The molecule has 1 aliphatic rings. The predicted molar refractivity (Wildman–Crippen MR) is 130 cm³/mol. The molecule has 0 radical (unpaired) electrons. The van der Waals surface area contributed by atoms with Crippen LogP contribution < -0.4 is 5.32 Å². The van der Waals surface area contributed by atoms with Gasteiger partial charge in [0.2, 0.25) is 0 Å². The van der Waals surface area contributed by atoms with Gasteiger partial charge in [0.25, 0.3) is 5.69 Å². The van der Waals surface area contributed by atoms with Crippen molar-refractivity contribution in [1.82, 2.24) is 5.32 Å². The zero-order valence-electron chi connectivity index (χ0n) is 20.6.